The number of fused-ring (bicyclic) bond motifs is 2. The van der Waals surface area contributed by atoms with Crippen LogP contribution in [0.1, 0.15) is 11.1 Å². The quantitative estimate of drug-likeness (QED) is 0.807. The van der Waals surface area contributed by atoms with E-state index in [0.29, 0.717) is 23.0 Å². The molecule has 2 heterocycles. The van der Waals surface area contributed by atoms with Gasteiger partial charge in [0, 0.05) is 11.1 Å². The maximum absolute atomic E-state index is 12.1. The lowest BCUT2D eigenvalue weighted by molar-refractivity contribution is -0.110. The summed E-state index contributed by atoms with van der Waals surface area (Å²) in [5, 5.41) is 0. The summed E-state index contributed by atoms with van der Waals surface area (Å²) in [4.78, 5) is 12.1. The van der Waals surface area contributed by atoms with Crippen molar-refractivity contribution < 1.29 is 23.7 Å². The highest BCUT2D eigenvalue weighted by molar-refractivity contribution is 6.04. The number of hydrogen-bond donors (Lipinski definition) is 0. The maximum atomic E-state index is 12.1. The molecule has 0 spiro atoms. The van der Waals surface area contributed by atoms with Gasteiger partial charge in [-0.2, -0.15) is 0 Å². The van der Waals surface area contributed by atoms with E-state index in [1.165, 1.54) is 12.2 Å². The van der Waals surface area contributed by atoms with E-state index in [4.69, 9.17) is 18.9 Å². The third-order valence-corrected chi connectivity index (χ3v) is 3.71. The summed E-state index contributed by atoms with van der Waals surface area (Å²) in [6.45, 7) is 0.407. The monoisotopic (exact) mass is 322 g/mol. The molecule has 0 saturated carbocycles. The maximum Gasteiger partial charge on any atom is 0.231 e. The number of rotatable bonds is 4. The first-order chi connectivity index (χ1) is 11.8. The molecule has 2 aromatic carbocycles. The van der Waals surface area contributed by atoms with Crippen LogP contribution in [-0.4, -0.2) is 19.4 Å². The molecule has 24 heavy (non-hydrogen) atoms. The molecule has 5 nitrogen and oxygen atoms in total. The Kier molecular flexibility index (Phi) is 3.67. The summed E-state index contributed by atoms with van der Waals surface area (Å²) in [5.74, 6) is 2.58. The molecule has 0 unspecified atom stereocenters. The fourth-order valence-corrected chi connectivity index (χ4v) is 2.57. The van der Waals surface area contributed by atoms with E-state index in [1.807, 2.05) is 36.4 Å². The van der Waals surface area contributed by atoms with Crippen LogP contribution < -0.4 is 18.9 Å². The molecule has 0 N–H and O–H groups in total. The molecule has 4 rings (SSSR count). The van der Waals surface area contributed by atoms with Gasteiger partial charge in [-0.05, 0) is 36.4 Å². The van der Waals surface area contributed by atoms with Crippen LogP contribution in [-0.2, 0) is 4.79 Å². The first-order valence-corrected chi connectivity index (χ1v) is 7.48. The lowest BCUT2D eigenvalue weighted by atomic mass is 10.1. The number of benzene rings is 2. The number of ether oxygens (including phenoxy) is 4. The summed E-state index contributed by atoms with van der Waals surface area (Å²) < 4.78 is 21.4. The zero-order chi connectivity index (χ0) is 16.4. The van der Waals surface area contributed by atoms with Gasteiger partial charge in [-0.1, -0.05) is 24.3 Å². The minimum Gasteiger partial charge on any atom is -0.454 e. The minimum absolute atomic E-state index is 0.136. The molecule has 5 heteroatoms. The zero-order valence-electron chi connectivity index (χ0n) is 12.7. The van der Waals surface area contributed by atoms with Crippen LogP contribution in [0.15, 0.2) is 48.6 Å². The molecule has 0 amide bonds. The van der Waals surface area contributed by atoms with Gasteiger partial charge < -0.3 is 18.9 Å². The number of ketones is 1. The van der Waals surface area contributed by atoms with Gasteiger partial charge in [0.1, 0.15) is 0 Å². The molecule has 0 aromatic heterocycles. The minimum atomic E-state index is -0.136. The number of para-hydroxylation sites is 2. The molecule has 2 aliphatic rings. The number of carbonyl (C=O) groups is 1. The fraction of sp³-hybridized carbons (Fsp3) is 0.105. The van der Waals surface area contributed by atoms with Crippen LogP contribution in [0.2, 0.25) is 0 Å². The van der Waals surface area contributed by atoms with E-state index in [1.54, 1.807) is 12.2 Å². The average molecular weight is 322 g/mol. The zero-order valence-corrected chi connectivity index (χ0v) is 12.7. The summed E-state index contributed by atoms with van der Waals surface area (Å²) >= 11 is 0. The van der Waals surface area contributed by atoms with E-state index in [-0.39, 0.29) is 19.4 Å². The normalized spacial score (nSPS) is 14.7. The Balaban J connectivity index is 1.50. The van der Waals surface area contributed by atoms with Crippen molar-refractivity contribution in [3.05, 3.63) is 59.7 Å². The van der Waals surface area contributed by atoms with Crippen LogP contribution in [0.3, 0.4) is 0 Å². The number of allylic oxidation sites excluding steroid dienone is 2. The molecule has 0 saturated heterocycles. The largest absolute Gasteiger partial charge is 0.454 e. The summed E-state index contributed by atoms with van der Waals surface area (Å²) in [5.41, 5.74) is 1.62. The Morgan fingerprint density at radius 2 is 1.25 bits per heavy atom. The van der Waals surface area contributed by atoms with Gasteiger partial charge in [-0.15, -0.1) is 0 Å². The van der Waals surface area contributed by atoms with Gasteiger partial charge in [-0.3, -0.25) is 4.79 Å². The Morgan fingerprint density at radius 3 is 1.75 bits per heavy atom. The highest BCUT2D eigenvalue weighted by Crippen LogP contribution is 2.37. The van der Waals surface area contributed by atoms with Crippen molar-refractivity contribution in [2.45, 2.75) is 0 Å². The first-order valence-electron chi connectivity index (χ1n) is 7.48. The van der Waals surface area contributed by atoms with Crippen molar-refractivity contribution in [2.75, 3.05) is 13.6 Å². The Morgan fingerprint density at radius 1 is 0.750 bits per heavy atom. The van der Waals surface area contributed by atoms with Gasteiger partial charge in [0.05, 0.1) is 0 Å². The number of carbonyl (C=O) groups excluding carboxylic acids is 1. The molecule has 0 fully saturated rings. The lowest BCUT2D eigenvalue weighted by Crippen LogP contribution is -1.93. The summed E-state index contributed by atoms with van der Waals surface area (Å²) in [7, 11) is 0. The third kappa shape index (κ3) is 2.72. The molecule has 0 atom stereocenters. The van der Waals surface area contributed by atoms with E-state index in [0.717, 1.165) is 11.1 Å². The Hall–Kier alpha value is -3.21. The van der Waals surface area contributed by atoms with Crippen molar-refractivity contribution in [3.8, 4) is 23.0 Å². The first kappa shape index (κ1) is 14.4. The van der Waals surface area contributed by atoms with Crippen LogP contribution in [0.4, 0.5) is 0 Å². The van der Waals surface area contributed by atoms with Gasteiger partial charge >= 0.3 is 0 Å². The Bertz CT molecular complexity index is 781. The van der Waals surface area contributed by atoms with Gasteiger partial charge in [-0.25, -0.2) is 0 Å². The molecular formula is C19H14O5. The van der Waals surface area contributed by atoms with Crippen LogP contribution in [0.5, 0.6) is 23.0 Å². The van der Waals surface area contributed by atoms with E-state index in [2.05, 4.69) is 0 Å². The predicted molar refractivity (Wildman–Crippen MR) is 88.2 cm³/mol. The summed E-state index contributed by atoms with van der Waals surface area (Å²) in [6, 6.07) is 11.1. The molecule has 0 bridgehead atoms. The van der Waals surface area contributed by atoms with Crippen LogP contribution >= 0.6 is 0 Å². The summed E-state index contributed by atoms with van der Waals surface area (Å²) in [6.07, 6.45) is 6.42. The molecule has 0 aliphatic carbocycles. The van der Waals surface area contributed by atoms with Crippen molar-refractivity contribution in [3.63, 3.8) is 0 Å². The second kappa shape index (κ2) is 6.12. The topological polar surface area (TPSA) is 54.0 Å². The molecule has 120 valence electrons. The second-order valence-corrected chi connectivity index (χ2v) is 5.23. The van der Waals surface area contributed by atoms with Crippen molar-refractivity contribution >= 4 is 17.9 Å². The van der Waals surface area contributed by atoms with E-state index >= 15 is 0 Å². The Labute approximate surface area is 138 Å². The molecule has 2 aliphatic heterocycles. The van der Waals surface area contributed by atoms with Crippen LogP contribution in [0, 0.1) is 0 Å². The van der Waals surface area contributed by atoms with Crippen molar-refractivity contribution in [1.82, 2.24) is 0 Å². The predicted octanol–water partition coefficient (Wildman–Crippen LogP) is 3.44. The van der Waals surface area contributed by atoms with E-state index in [9.17, 15) is 4.79 Å². The average Bonchev–Trinajstić information content (AvgIpc) is 3.26. The molecule has 0 radical (unpaired) electrons. The third-order valence-electron chi connectivity index (χ3n) is 3.71. The van der Waals surface area contributed by atoms with Crippen LogP contribution in [0.25, 0.3) is 12.2 Å². The second-order valence-electron chi connectivity index (χ2n) is 5.23. The standard InChI is InChI=1S/C19H14O5/c20-15(9-7-13-3-1-5-16-18(13)23-11-21-16)10-8-14-4-2-6-17-19(14)24-12-22-17/h1-10H,11-12H2/b9-7+,10-8+. The fourth-order valence-electron chi connectivity index (χ4n) is 2.57. The highest BCUT2D eigenvalue weighted by atomic mass is 16.7. The van der Waals surface area contributed by atoms with Gasteiger partial charge in [0.2, 0.25) is 13.6 Å². The smallest absolute Gasteiger partial charge is 0.231 e. The van der Waals surface area contributed by atoms with Gasteiger partial charge in [0.15, 0.2) is 28.8 Å². The van der Waals surface area contributed by atoms with Crippen molar-refractivity contribution in [2.24, 2.45) is 0 Å². The van der Waals surface area contributed by atoms with E-state index < -0.39 is 0 Å². The number of hydrogen-bond acceptors (Lipinski definition) is 5. The molecule has 2 aromatic rings. The van der Waals surface area contributed by atoms with Gasteiger partial charge in [0.25, 0.3) is 0 Å². The lowest BCUT2D eigenvalue weighted by Gasteiger charge is -2.00. The molecular weight excluding hydrogens is 308 g/mol. The highest BCUT2D eigenvalue weighted by Gasteiger charge is 2.16. The van der Waals surface area contributed by atoms with Crippen molar-refractivity contribution in [1.29, 1.82) is 0 Å². The SMILES string of the molecule is O=C(/C=C/c1cccc2c1OCO2)/C=C/c1cccc2c1OCO2.